The smallest absolute Gasteiger partial charge is 0.308 e. The van der Waals surface area contributed by atoms with Crippen LogP contribution in [-0.2, 0) is 4.79 Å². The number of carboxylic acids is 1. The Hall–Kier alpha value is -1.14. The third-order valence-corrected chi connectivity index (χ3v) is 7.49. The van der Waals surface area contributed by atoms with Gasteiger partial charge < -0.3 is 10.0 Å². The maximum absolute atomic E-state index is 12.6. The van der Waals surface area contributed by atoms with Gasteiger partial charge in [-0.1, -0.05) is 12.1 Å². The molecule has 1 aromatic carbocycles. The topological polar surface area (TPSA) is 57.6 Å². The van der Waals surface area contributed by atoms with Crippen molar-refractivity contribution in [1.29, 1.82) is 0 Å². The summed E-state index contributed by atoms with van der Waals surface area (Å²) in [5.41, 5.74) is 1.90. The number of nitrogens with zero attached hydrogens (tertiary/aromatic N) is 1. The van der Waals surface area contributed by atoms with E-state index in [0.29, 0.717) is 23.1 Å². The first-order valence-corrected chi connectivity index (χ1v) is 9.54. The average molecular weight is 337 g/mol. The van der Waals surface area contributed by atoms with Crippen LogP contribution in [0, 0.1) is 5.92 Å². The summed E-state index contributed by atoms with van der Waals surface area (Å²) in [5.74, 6) is 1.04. The largest absolute Gasteiger partial charge is 0.481 e. The lowest BCUT2D eigenvalue weighted by Gasteiger charge is -2.23. The van der Waals surface area contributed by atoms with Crippen LogP contribution in [0.15, 0.2) is 24.3 Å². The zero-order valence-electron chi connectivity index (χ0n) is 12.4. The van der Waals surface area contributed by atoms with E-state index in [4.69, 9.17) is 5.11 Å². The Morgan fingerprint density at radius 3 is 2.36 bits per heavy atom. The second-order valence-corrected chi connectivity index (χ2v) is 8.39. The summed E-state index contributed by atoms with van der Waals surface area (Å²) >= 11 is 3.88. The minimum absolute atomic E-state index is 0.0606. The number of aliphatic carboxylic acids is 1. The van der Waals surface area contributed by atoms with E-state index < -0.39 is 11.9 Å². The van der Waals surface area contributed by atoms with Crippen molar-refractivity contribution in [3.8, 4) is 0 Å². The second-order valence-electron chi connectivity index (χ2n) is 5.67. The molecule has 0 bridgehead atoms. The van der Waals surface area contributed by atoms with Crippen LogP contribution in [0.1, 0.15) is 33.8 Å². The fraction of sp³-hybridized carbons (Fsp3) is 0.500. The van der Waals surface area contributed by atoms with Gasteiger partial charge in [0.2, 0.25) is 0 Å². The quantitative estimate of drug-likeness (QED) is 0.918. The number of carbonyl (C=O) groups excluding carboxylic acids is 1. The highest BCUT2D eigenvalue weighted by Crippen LogP contribution is 2.45. The van der Waals surface area contributed by atoms with Crippen molar-refractivity contribution in [1.82, 2.24) is 4.90 Å². The van der Waals surface area contributed by atoms with Gasteiger partial charge in [-0.3, -0.25) is 9.59 Å². The lowest BCUT2D eigenvalue weighted by Crippen LogP contribution is -2.37. The minimum Gasteiger partial charge on any atom is -0.481 e. The number of benzene rings is 1. The number of carboxylic acid groups (broad SMARTS) is 1. The van der Waals surface area contributed by atoms with Crippen molar-refractivity contribution in [3.05, 3.63) is 35.4 Å². The Labute approximate surface area is 138 Å². The molecule has 0 aromatic heterocycles. The molecule has 4 nitrogen and oxygen atoms in total. The summed E-state index contributed by atoms with van der Waals surface area (Å²) in [6, 6.07) is 7.55. The summed E-state index contributed by atoms with van der Waals surface area (Å²) in [6.07, 6.45) is 0.537. The second kappa shape index (κ2) is 6.54. The molecule has 6 heteroatoms. The Kier molecular flexibility index (Phi) is 4.68. The minimum atomic E-state index is -0.812. The van der Waals surface area contributed by atoms with Crippen molar-refractivity contribution in [2.45, 2.75) is 24.0 Å². The monoisotopic (exact) mass is 337 g/mol. The maximum Gasteiger partial charge on any atom is 0.308 e. The number of hydrogen-bond acceptors (Lipinski definition) is 4. The van der Waals surface area contributed by atoms with Gasteiger partial charge in [-0.05, 0) is 31.0 Å². The molecule has 1 amide bonds. The fourth-order valence-electron chi connectivity index (χ4n) is 3.06. The average Bonchev–Trinajstić information content (AvgIpc) is 3.16. The maximum atomic E-state index is 12.6. The molecule has 1 aromatic rings. The first-order valence-electron chi connectivity index (χ1n) is 7.45. The summed E-state index contributed by atoms with van der Waals surface area (Å²) in [7, 11) is 0. The molecule has 2 fully saturated rings. The number of amides is 1. The predicted octanol–water partition coefficient (Wildman–Crippen LogP) is 3.10. The molecule has 2 saturated heterocycles. The highest BCUT2D eigenvalue weighted by Gasteiger charge is 2.38. The van der Waals surface area contributed by atoms with Gasteiger partial charge in [0.15, 0.2) is 0 Å². The molecule has 0 radical (unpaired) electrons. The van der Waals surface area contributed by atoms with Crippen LogP contribution in [0.2, 0.25) is 0 Å². The molecule has 0 spiro atoms. The number of likely N-dealkylation sites (tertiary alicyclic amines) is 1. The van der Waals surface area contributed by atoms with Gasteiger partial charge in [0, 0.05) is 29.7 Å². The van der Waals surface area contributed by atoms with E-state index in [1.54, 1.807) is 4.90 Å². The summed E-state index contributed by atoms with van der Waals surface area (Å²) < 4.78 is 0.478. The van der Waals surface area contributed by atoms with Crippen LogP contribution < -0.4 is 0 Å². The van der Waals surface area contributed by atoms with Crippen molar-refractivity contribution < 1.29 is 14.7 Å². The molecule has 0 aliphatic carbocycles. The standard InChI is InChI=1S/C16H19NO3S2/c1-10-13(15(19)20)6-7-17(10)14(18)11-2-4-12(5-3-11)16-21-8-9-22-16/h2-5,10,13,16H,6-9H2,1H3,(H,19,20). The molecular weight excluding hydrogens is 318 g/mol. The Morgan fingerprint density at radius 1 is 1.18 bits per heavy atom. The van der Waals surface area contributed by atoms with Crippen LogP contribution in [0.4, 0.5) is 0 Å². The van der Waals surface area contributed by atoms with Crippen LogP contribution in [0.5, 0.6) is 0 Å². The first-order chi connectivity index (χ1) is 10.6. The molecule has 3 rings (SSSR count). The lowest BCUT2D eigenvalue weighted by atomic mass is 10.0. The van der Waals surface area contributed by atoms with Gasteiger partial charge >= 0.3 is 5.97 Å². The van der Waals surface area contributed by atoms with E-state index in [0.717, 1.165) is 0 Å². The summed E-state index contributed by atoms with van der Waals surface area (Å²) in [4.78, 5) is 25.4. The molecule has 2 atom stereocenters. The highest BCUT2D eigenvalue weighted by atomic mass is 32.2. The first kappa shape index (κ1) is 15.7. The number of thioether (sulfide) groups is 2. The molecule has 2 unspecified atom stereocenters. The van der Waals surface area contributed by atoms with Crippen LogP contribution >= 0.6 is 23.5 Å². The van der Waals surface area contributed by atoms with Crippen LogP contribution in [0.25, 0.3) is 0 Å². The molecular formula is C16H19NO3S2. The Morgan fingerprint density at radius 2 is 1.82 bits per heavy atom. The van der Waals surface area contributed by atoms with E-state index in [2.05, 4.69) is 0 Å². The van der Waals surface area contributed by atoms with E-state index in [-0.39, 0.29) is 11.9 Å². The predicted molar refractivity (Wildman–Crippen MR) is 90.3 cm³/mol. The normalized spacial score (nSPS) is 25.6. The van der Waals surface area contributed by atoms with Gasteiger partial charge in [0.05, 0.1) is 10.5 Å². The Bertz CT molecular complexity index is 569. The number of carbonyl (C=O) groups is 2. The third kappa shape index (κ3) is 2.99. The van der Waals surface area contributed by atoms with Crippen molar-refractivity contribution in [2.24, 2.45) is 5.92 Å². The third-order valence-electron chi connectivity index (χ3n) is 4.38. The molecule has 1 N–H and O–H groups in total. The Balaban J connectivity index is 1.71. The van der Waals surface area contributed by atoms with Crippen LogP contribution in [0.3, 0.4) is 0 Å². The van der Waals surface area contributed by atoms with Crippen molar-refractivity contribution >= 4 is 35.4 Å². The van der Waals surface area contributed by atoms with Gasteiger partial charge in [-0.15, -0.1) is 23.5 Å². The molecule has 22 heavy (non-hydrogen) atoms. The van der Waals surface area contributed by atoms with Crippen molar-refractivity contribution in [3.63, 3.8) is 0 Å². The zero-order valence-corrected chi connectivity index (χ0v) is 14.0. The van der Waals surface area contributed by atoms with E-state index in [9.17, 15) is 9.59 Å². The van der Waals surface area contributed by atoms with E-state index in [1.165, 1.54) is 17.1 Å². The SMILES string of the molecule is CC1C(C(=O)O)CCN1C(=O)c1ccc(C2SCCS2)cc1. The lowest BCUT2D eigenvalue weighted by molar-refractivity contribution is -0.142. The highest BCUT2D eigenvalue weighted by molar-refractivity contribution is 8.19. The summed E-state index contributed by atoms with van der Waals surface area (Å²) in [5, 5.41) is 9.17. The van der Waals surface area contributed by atoms with E-state index in [1.807, 2.05) is 54.7 Å². The van der Waals surface area contributed by atoms with Crippen LogP contribution in [-0.4, -0.2) is 46.0 Å². The van der Waals surface area contributed by atoms with E-state index >= 15 is 0 Å². The molecule has 2 aliphatic heterocycles. The molecule has 2 aliphatic rings. The molecule has 118 valence electrons. The molecule has 0 saturated carbocycles. The number of hydrogen-bond donors (Lipinski definition) is 1. The van der Waals surface area contributed by atoms with Gasteiger partial charge in [0.1, 0.15) is 0 Å². The number of rotatable bonds is 3. The van der Waals surface area contributed by atoms with Gasteiger partial charge in [0.25, 0.3) is 5.91 Å². The molecule has 2 heterocycles. The fourth-order valence-corrected chi connectivity index (χ4v) is 5.92. The van der Waals surface area contributed by atoms with Crippen molar-refractivity contribution in [2.75, 3.05) is 18.1 Å². The van der Waals surface area contributed by atoms with Gasteiger partial charge in [-0.2, -0.15) is 0 Å². The summed E-state index contributed by atoms with van der Waals surface area (Å²) in [6.45, 7) is 2.34. The zero-order chi connectivity index (χ0) is 15.7. The van der Waals surface area contributed by atoms with Gasteiger partial charge in [-0.25, -0.2) is 0 Å².